The van der Waals surface area contributed by atoms with Gasteiger partial charge in [0.1, 0.15) is 5.76 Å². The molecule has 0 radical (unpaired) electrons. The van der Waals surface area contributed by atoms with E-state index in [0.717, 1.165) is 12.0 Å². The Labute approximate surface area is 69.8 Å². The summed E-state index contributed by atoms with van der Waals surface area (Å²) in [6.45, 7) is 12.9. The highest BCUT2D eigenvalue weighted by atomic mass is 16.3. The second kappa shape index (κ2) is 9.02. The molecule has 0 aromatic heterocycles. The van der Waals surface area contributed by atoms with Gasteiger partial charge in [0, 0.05) is 0 Å². The Morgan fingerprint density at radius 3 is 1.82 bits per heavy atom. The normalized spacial score (nSPS) is 10.5. The van der Waals surface area contributed by atoms with Gasteiger partial charge in [0.25, 0.3) is 0 Å². The highest BCUT2D eigenvalue weighted by Gasteiger charge is 1.91. The molecule has 1 heteroatoms. The standard InChI is InChI=1S/C8H12O.C2H6/c1-4-7(5-2)8(9)6-3;1-2/h4,6,9H,1,3,5H2,2H3;1-2H3/b8-7-;. The lowest BCUT2D eigenvalue weighted by molar-refractivity contribution is 0.426. The summed E-state index contributed by atoms with van der Waals surface area (Å²) in [6, 6.07) is 0. The van der Waals surface area contributed by atoms with Crippen molar-refractivity contribution >= 4 is 0 Å². The summed E-state index contributed by atoms with van der Waals surface area (Å²) in [5.74, 6) is 0.229. The van der Waals surface area contributed by atoms with Gasteiger partial charge in [-0.2, -0.15) is 0 Å². The molecule has 1 N–H and O–H groups in total. The van der Waals surface area contributed by atoms with Gasteiger partial charge in [-0.25, -0.2) is 0 Å². The smallest absolute Gasteiger partial charge is 0.118 e. The fourth-order valence-corrected chi connectivity index (χ4v) is 0.561. The van der Waals surface area contributed by atoms with Crippen LogP contribution in [0.4, 0.5) is 0 Å². The van der Waals surface area contributed by atoms with Crippen LogP contribution in [0.2, 0.25) is 0 Å². The second-order valence-corrected chi connectivity index (χ2v) is 1.67. The Bertz CT molecular complexity index is 143. The van der Waals surface area contributed by atoms with Crippen molar-refractivity contribution in [3.05, 3.63) is 36.6 Å². The lowest BCUT2D eigenvalue weighted by Crippen LogP contribution is -1.81. The Balaban J connectivity index is 0. The second-order valence-electron chi connectivity index (χ2n) is 1.67. The van der Waals surface area contributed by atoms with Crippen molar-refractivity contribution in [3.63, 3.8) is 0 Å². The molecule has 0 amide bonds. The van der Waals surface area contributed by atoms with E-state index in [1.807, 2.05) is 20.8 Å². The first-order valence-corrected chi connectivity index (χ1v) is 3.93. The summed E-state index contributed by atoms with van der Waals surface area (Å²) in [7, 11) is 0. The van der Waals surface area contributed by atoms with E-state index in [-0.39, 0.29) is 5.76 Å². The van der Waals surface area contributed by atoms with Gasteiger partial charge < -0.3 is 5.11 Å². The number of rotatable bonds is 3. The highest BCUT2D eigenvalue weighted by molar-refractivity contribution is 5.25. The molecule has 64 valence electrons. The molecule has 0 aromatic rings. The van der Waals surface area contributed by atoms with Crippen LogP contribution in [-0.2, 0) is 0 Å². The third kappa shape index (κ3) is 5.46. The molecule has 0 aliphatic heterocycles. The molecule has 0 heterocycles. The average Bonchev–Trinajstić information content (AvgIpc) is 2.10. The molecule has 0 bridgehead atoms. The Kier molecular flexibility index (Phi) is 10.4. The van der Waals surface area contributed by atoms with Crippen LogP contribution in [-0.4, -0.2) is 5.11 Å². The van der Waals surface area contributed by atoms with Crippen LogP contribution in [0.1, 0.15) is 27.2 Å². The summed E-state index contributed by atoms with van der Waals surface area (Å²) < 4.78 is 0. The van der Waals surface area contributed by atoms with Gasteiger partial charge in [0.15, 0.2) is 0 Å². The molecule has 0 rings (SSSR count). The number of aliphatic hydroxyl groups excluding tert-OH is 1. The fraction of sp³-hybridized carbons (Fsp3) is 0.400. The maximum absolute atomic E-state index is 9.01. The van der Waals surface area contributed by atoms with Crippen molar-refractivity contribution in [2.24, 2.45) is 0 Å². The summed E-state index contributed by atoms with van der Waals surface area (Å²) in [6.07, 6.45) is 3.85. The van der Waals surface area contributed by atoms with Gasteiger partial charge in [0.2, 0.25) is 0 Å². The van der Waals surface area contributed by atoms with E-state index in [1.54, 1.807) is 6.08 Å². The molecule has 0 atom stereocenters. The van der Waals surface area contributed by atoms with Crippen LogP contribution in [0.5, 0.6) is 0 Å². The molecular weight excluding hydrogens is 136 g/mol. The van der Waals surface area contributed by atoms with Gasteiger partial charge in [-0.15, -0.1) is 0 Å². The molecule has 0 spiro atoms. The van der Waals surface area contributed by atoms with Crippen LogP contribution >= 0.6 is 0 Å². The minimum absolute atomic E-state index is 0.229. The van der Waals surface area contributed by atoms with Gasteiger partial charge in [-0.05, 0) is 18.1 Å². The minimum atomic E-state index is 0.229. The van der Waals surface area contributed by atoms with E-state index in [1.165, 1.54) is 6.08 Å². The Hall–Kier alpha value is -0.980. The number of allylic oxidation sites excluding steroid dienone is 3. The zero-order valence-electron chi connectivity index (χ0n) is 7.72. The maximum atomic E-state index is 9.01. The van der Waals surface area contributed by atoms with Crippen molar-refractivity contribution in [1.29, 1.82) is 0 Å². The van der Waals surface area contributed by atoms with Crippen LogP contribution in [0.25, 0.3) is 0 Å². The number of hydrogen-bond donors (Lipinski definition) is 1. The average molecular weight is 154 g/mol. The number of aliphatic hydroxyl groups is 1. The zero-order valence-corrected chi connectivity index (χ0v) is 7.72. The lowest BCUT2D eigenvalue weighted by Gasteiger charge is -1.96. The first-order chi connectivity index (χ1) is 5.26. The van der Waals surface area contributed by atoms with E-state index >= 15 is 0 Å². The fourth-order valence-electron chi connectivity index (χ4n) is 0.561. The van der Waals surface area contributed by atoms with Gasteiger partial charge in [-0.1, -0.05) is 40.0 Å². The molecule has 0 unspecified atom stereocenters. The predicted molar refractivity (Wildman–Crippen MR) is 51.7 cm³/mol. The SMILES string of the molecule is C=C/C(O)=C(\C=C)CC.CC. The monoisotopic (exact) mass is 154 g/mol. The topological polar surface area (TPSA) is 20.2 Å². The predicted octanol–water partition coefficient (Wildman–Crippen LogP) is 3.61. The quantitative estimate of drug-likeness (QED) is 0.486. The van der Waals surface area contributed by atoms with Crippen LogP contribution in [0.3, 0.4) is 0 Å². The molecular formula is C10H18O. The Morgan fingerprint density at radius 2 is 1.73 bits per heavy atom. The van der Waals surface area contributed by atoms with E-state index in [2.05, 4.69) is 13.2 Å². The Morgan fingerprint density at radius 1 is 1.27 bits per heavy atom. The van der Waals surface area contributed by atoms with E-state index < -0.39 is 0 Å². The van der Waals surface area contributed by atoms with Gasteiger partial charge in [0.05, 0.1) is 0 Å². The summed E-state index contributed by atoms with van der Waals surface area (Å²) in [4.78, 5) is 0. The van der Waals surface area contributed by atoms with Crippen LogP contribution in [0, 0.1) is 0 Å². The van der Waals surface area contributed by atoms with Crippen molar-refractivity contribution in [3.8, 4) is 0 Å². The molecule has 0 aliphatic carbocycles. The molecule has 11 heavy (non-hydrogen) atoms. The maximum Gasteiger partial charge on any atom is 0.118 e. The minimum Gasteiger partial charge on any atom is -0.508 e. The van der Waals surface area contributed by atoms with Crippen molar-refractivity contribution < 1.29 is 5.11 Å². The third-order valence-electron chi connectivity index (χ3n) is 1.15. The largest absolute Gasteiger partial charge is 0.508 e. The molecule has 0 fully saturated rings. The summed E-state index contributed by atoms with van der Waals surface area (Å²) in [5.41, 5.74) is 0.838. The zero-order chi connectivity index (χ0) is 9.28. The lowest BCUT2D eigenvalue weighted by atomic mass is 10.2. The molecule has 0 saturated heterocycles. The van der Waals surface area contributed by atoms with E-state index in [0.29, 0.717) is 0 Å². The van der Waals surface area contributed by atoms with E-state index in [4.69, 9.17) is 5.11 Å². The highest BCUT2D eigenvalue weighted by Crippen LogP contribution is 2.06. The molecule has 1 nitrogen and oxygen atoms in total. The van der Waals surface area contributed by atoms with Crippen molar-refractivity contribution in [1.82, 2.24) is 0 Å². The van der Waals surface area contributed by atoms with Crippen molar-refractivity contribution in [2.75, 3.05) is 0 Å². The van der Waals surface area contributed by atoms with Crippen LogP contribution < -0.4 is 0 Å². The first-order valence-electron chi connectivity index (χ1n) is 3.93. The third-order valence-corrected chi connectivity index (χ3v) is 1.15. The van der Waals surface area contributed by atoms with Crippen molar-refractivity contribution in [2.45, 2.75) is 27.2 Å². The molecule has 0 saturated carbocycles. The molecule has 0 aliphatic rings. The summed E-state index contributed by atoms with van der Waals surface area (Å²) >= 11 is 0. The number of hydrogen-bond acceptors (Lipinski definition) is 1. The summed E-state index contributed by atoms with van der Waals surface area (Å²) in [5, 5.41) is 9.01. The van der Waals surface area contributed by atoms with E-state index in [9.17, 15) is 0 Å². The first kappa shape index (κ1) is 12.7. The van der Waals surface area contributed by atoms with Gasteiger partial charge in [-0.3, -0.25) is 0 Å². The van der Waals surface area contributed by atoms with Crippen LogP contribution in [0.15, 0.2) is 36.6 Å². The van der Waals surface area contributed by atoms with Gasteiger partial charge >= 0.3 is 0 Å². The molecule has 0 aromatic carbocycles.